The van der Waals surface area contributed by atoms with E-state index in [9.17, 15) is 14.7 Å². The number of hydrogen-bond donors (Lipinski definition) is 2. The van der Waals surface area contributed by atoms with Crippen molar-refractivity contribution in [1.82, 2.24) is 10.2 Å². The largest absolute Gasteiger partial charge is 0.496 e. The third-order valence-electron chi connectivity index (χ3n) is 5.81. The van der Waals surface area contributed by atoms with Crippen molar-refractivity contribution < 1.29 is 19.4 Å². The predicted octanol–water partition coefficient (Wildman–Crippen LogP) is 5.28. The molecule has 178 valence electrons. The van der Waals surface area contributed by atoms with E-state index in [4.69, 9.17) is 4.74 Å². The number of carboxylic acids is 1. The van der Waals surface area contributed by atoms with Gasteiger partial charge in [-0.2, -0.15) is 0 Å². The van der Waals surface area contributed by atoms with E-state index in [1.165, 1.54) is 0 Å². The van der Waals surface area contributed by atoms with Crippen molar-refractivity contribution in [2.45, 2.75) is 39.8 Å². The topological polar surface area (TPSA) is 78.9 Å². The number of amides is 2. The van der Waals surface area contributed by atoms with E-state index in [0.29, 0.717) is 30.9 Å². The van der Waals surface area contributed by atoms with Crippen LogP contribution >= 0.6 is 0 Å². The average molecular weight is 461 g/mol. The number of carboxylic acid groups (broad SMARTS) is 1. The first-order valence-electron chi connectivity index (χ1n) is 11.5. The summed E-state index contributed by atoms with van der Waals surface area (Å²) in [5.41, 5.74) is 5.63. The smallest absolute Gasteiger partial charge is 0.317 e. The second-order valence-corrected chi connectivity index (χ2v) is 8.11. The fourth-order valence-electron chi connectivity index (χ4n) is 3.90. The first-order chi connectivity index (χ1) is 16.4. The van der Waals surface area contributed by atoms with E-state index in [1.54, 1.807) is 24.1 Å². The summed E-state index contributed by atoms with van der Waals surface area (Å²) >= 11 is 0. The highest BCUT2D eigenvalue weighted by atomic mass is 16.5. The maximum absolute atomic E-state index is 12.9. The van der Waals surface area contributed by atoms with Gasteiger partial charge in [0.15, 0.2) is 0 Å². The highest BCUT2D eigenvalue weighted by Gasteiger charge is 2.18. The van der Waals surface area contributed by atoms with Crippen LogP contribution in [-0.4, -0.2) is 35.7 Å². The van der Waals surface area contributed by atoms with Crippen LogP contribution in [0.15, 0.2) is 66.7 Å². The van der Waals surface area contributed by atoms with Gasteiger partial charge in [0.05, 0.1) is 13.5 Å². The Morgan fingerprint density at radius 2 is 1.62 bits per heavy atom. The molecule has 0 atom stereocenters. The fraction of sp³-hybridized carbons (Fsp3) is 0.286. The molecule has 3 rings (SSSR count). The van der Waals surface area contributed by atoms with Crippen LogP contribution in [-0.2, 0) is 30.7 Å². The molecule has 0 unspecified atom stereocenters. The van der Waals surface area contributed by atoms with E-state index in [0.717, 1.165) is 34.2 Å². The second-order valence-electron chi connectivity index (χ2n) is 8.11. The lowest BCUT2D eigenvalue weighted by Gasteiger charge is -2.24. The van der Waals surface area contributed by atoms with Gasteiger partial charge in [0, 0.05) is 25.2 Å². The Balaban J connectivity index is 1.92. The van der Waals surface area contributed by atoms with Crippen molar-refractivity contribution in [3.8, 4) is 16.9 Å². The molecule has 0 aromatic heterocycles. The van der Waals surface area contributed by atoms with Gasteiger partial charge in [0.1, 0.15) is 5.75 Å². The number of nitrogens with zero attached hydrogens (tertiary/aromatic N) is 1. The molecule has 0 saturated heterocycles. The molecular weight excluding hydrogens is 428 g/mol. The van der Waals surface area contributed by atoms with Gasteiger partial charge in [-0.15, -0.1) is 0 Å². The number of carbonyl (C=O) groups excluding carboxylic acids is 1. The van der Waals surface area contributed by atoms with E-state index in [2.05, 4.69) is 24.4 Å². The first-order valence-corrected chi connectivity index (χ1v) is 11.5. The Morgan fingerprint density at radius 1 is 0.912 bits per heavy atom. The molecule has 0 spiro atoms. The Bertz CT molecular complexity index is 1130. The van der Waals surface area contributed by atoms with Gasteiger partial charge >= 0.3 is 12.0 Å². The highest BCUT2D eigenvalue weighted by Crippen LogP contribution is 2.35. The lowest BCUT2D eigenvalue weighted by molar-refractivity contribution is -0.136. The van der Waals surface area contributed by atoms with Gasteiger partial charge in [-0.3, -0.25) is 4.79 Å². The minimum Gasteiger partial charge on any atom is -0.496 e. The monoisotopic (exact) mass is 460 g/mol. The molecule has 0 aliphatic carbocycles. The van der Waals surface area contributed by atoms with Crippen molar-refractivity contribution in [2.75, 3.05) is 13.7 Å². The molecule has 0 aliphatic rings. The average Bonchev–Trinajstić information content (AvgIpc) is 2.86. The van der Waals surface area contributed by atoms with Crippen molar-refractivity contribution in [1.29, 1.82) is 0 Å². The van der Waals surface area contributed by atoms with Crippen molar-refractivity contribution >= 4 is 12.0 Å². The van der Waals surface area contributed by atoms with Crippen LogP contribution in [0, 0.1) is 0 Å². The molecular formula is C28H32N2O4. The van der Waals surface area contributed by atoms with Crippen LogP contribution in [0.2, 0.25) is 0 Å². The zero-order valence-electron chi connectivity index (χ0n) is 20.0. The van der Waals surface area contributed by atoms with Crippen molar-refractivity contribution in [3.05, 3.63) is 89.0 Å². The Morgan fingerprint density at radius 3 is 2.26 bits per heavy atom. The number of carbonyl (C=O) groups is 2. The van der Waals surface area contributed by atoms with Gasteiger partial charge in [0.2, 0.25) is 0 Å². The third-order valence-corrected chi connectivity index (χ3v) is 5.81. The zero-order chi connectivity index (χ0) is 24.5. The fourth-order valence-corrected chi connectivity index (χ4v) is 3.90. The predicted molar refractivity (Wildman–Crippen MR) is 134 cm³/mol. The molecule has 6 nitrogen and oxygen atoms in total. The molecule has 3 aromatic rings. The molecule has 0 fully saturated rings. The lowest BCUT2D eigenvalue weighted by Crippen LogP contribution is -2.39. The Kier molecular flexibility index (Phi) is 8.68. The lowest BCUT2D eigenvalue weighted by atomic mass is 9.93. The van der Waals surface area contributed by atoms with E-state index in [1.807, 2.05) is 49.4 Å². The van der Waals surface area contributed by atoms with E-state index in [-0.39, 0.29) is 12.5 Å². The second kappa shape index (κ2) is 11.9. The molecule has 6 heteroatoms. The van der Waals surface area contributed by atoms with Crippen LogP contribution in [0.4, 0.5) is 4.79 Å². The Labute approximate surface area is 201 Å². The maximum atomic E-state index is 12.9. The summed E-state index contributed by atoms with van der Waals surface area (Å²) < 4.78 is 5.61. The SMILES string of the molecule is CCc1ccc(CN(CC)C(=O)NCc2ccccc2)c(-c2cc(CC(=O)O)ccc2OC)c1. The summed E-state index contributed by atoms with van der Waals surface area (Å²) in [7, 11) is 1.61. The van der Waals surface area contributed by atoms with Crippen molar-refractivity contribution in [2.24, 2.45) is 0 Å². The molecule has 2 N–H and O–H groups in total. The summed E-state index contributed by atoms with van der Waals surface area (Å²) in [6, 6.07) is 21.3. The molecule has 0 heterocycles. The summed E-state index contributed by atoms with van der Waals surface area (Å²) in [6.45, 7) is 5.47. The van der Waals surface area contributed by atoms with Crippen LogP contribution in [0.1, 0.15) is 36.1 Å². The third kappa shape index (κ3) is 6.38. The minimum atomic E-state index is -0.883. The number of urea groups is 1. The van der Waals surface area contributed by atoms with Crippen LogP contribution in [0.5, 0.6) is 5.75 Å². The van der Waals surface area contributed by atoms with Gasteiger partial charge in [-0.05, 0) is 53.3 Å². The highest BCUT2D eigenvalue weighted by molar-refractivity contribution is 5.78. The number of benzene rings is 3. The van der Waals surface area contributed by atoms with Crippen LogP contribution in [0.3, 0.4) is 0 Å². The quantitative estimate of drug-likeness (QED) is 0.431. The van der Waals surface area contributed by atoms with Crippen LogP contribution in [0.25, 0.3) is 11.1 Å². The number of methoxy groups -OCH3 is 1. The molecule has 34 heavy (non-hydrogen) atoms. The molecule has 3 aromatic carbocycles. The molecule has 0 saturated carbocycles. The number of aryl methyl sites for hydroxylation is 1. The summed E-state index contributed by atoms with van der Waals surface area (Å²) in [5.74, 6) is -0.217. The van der Waals surface area contributed by atoms with Crippen molar-refractivity contribution in [3.63, 3.8) is 0 Å². The van der Waals surface area contributed by atoms with Gasteiger partial charge in [-0.25, -0.2) is 4.79 Å². The summed E-state index contributed by atoms with van der Waals surface area (Å²) in [6.07, 6.45) is 0.794. The molecule has 0 aliphatic heterocycles. The summed E-state index contributed by atoms with van der Waals surface area (Å²) in [4.78, 5) is 26.0. The molecule has 2 amide bonds. The van der Waals surface area contributed by atoms with Crippen LogP contribution < -0.4 is 10.1 Å². The van der Waals surface area contributed by atoms with Gasteiger partial charge in [-0.1, -0.05) is 61.5 Å². The van der Waals surface area contributed by atoms with Gasteiger partial charge in [0.25, 0.3) is 0 Å². The van der Waals surface area contributed by atoms with E-state index >= 15 is 0 Å². The maximum Gasteiger partial charge on any atom is 0.317 e. The molecule has 0 radical (unpaired) electrons. The Hall–Kier alpha value is -3.80. The van der Waals surface area contributed by atoms with E-state index < -0.39 is 5.97 Å². The zero-order valence-corrected chi connectivity index (χ0v) is 20.0. The first kappa shape index (κ1) is 24.8. The molecule has 0 bridgehead atoms. The summed E-state index contributed by atoms with van der Waals surface area (Å²) in [5, 5.41) is 12.3. The van der Waals surface area contributed by atoms with Gasteiger partial charge < -0.3 is 20.1 Å². The number of ether oxygens (including phenoxy) is 1. The number of aliphatic carboxylic acids is 1. The number of nitrogens with one attached hydrogen (secondary N) is 1. The number of rotatable bonds is 10. The normalized spacial score (nSPS) is 10.6. The minimum absolute atomic E-state index is 0.0667. The number of hydrogen-bond acceptors (Lipinski definition) is 3. The standard InChI is InChI=1S/C28H32N2O4/c1-4-20-11-13-23(19-30(5-2)28(33)29-18-21-9-7-6-8-10-21)24(15-20)25-16-22(17-27(31)32)12-14-26(25)34-3/h6-16H,4-5,17-19H2,1-3H3,(H,29,33)(H,31,32).